The average Bonchev–Trinajstić information content (AvgIpc) is 2.68. The van der Waals surface area contributed by atoms with E-state index in [1.807, 2.05) is 20.8 Å². The number of thioether (sulfide) groups is 1. The van der Waals surface area contributed by atoms with Gasteiger partial charge in [0.2, 0.25) is 5.91 Å². The molecule has 1 heterocycles. The molecule has 1 aliphatic rings. The highest BCUT2D eigenvalue weighted by Gasteiger charge is 2.20. The Morgan fingerprint density at radius 1 is 1.33 bits per heavy atom. The molecule has 1 aromatic rings. The van der Waals surface area contributed by atoms with Crippen molar-refractivity contribution in [2.24, 2.45) is 0 Å². The number of aromatic nitrogens is 1. The number of rotatable bonds is 5. The number of hydrogen-bond acceptors (Lipinski definition) is 4. The van der Waals surface area contributed by atoms with Gasteiger partial charge in [0.15, 0.2) is 0 Å². The summed E-state index contributed by atoms with van der Waals surface area (Å²) >= 11 is 1.65. The third-order valence-electron chi connectivity index (χ3n) is 4.23. The van der Waals surface area contributed by atoms with E-state index in [0.29, 0.717) is 6.04 Å². The Labute approximate surface area is 131 Å². The molecule has 1 fully saturated rings. The molecule has 0 aliphatic heterocycles. The topological polar surface area (TPSA) is 55.1 Å². The van der Waals surface area contributed by atoms with Crippen LogP contribution in [-0.2, 0) is 10.5 Å². The van der Waals surface area contributed by atoms with Gasteiger partial charge in [-0.1, -0.05) is 30.8 Å². The fourth-order valence-corrected chi connectivity index (χ4v) is 3.78. The lowest BCUT2D eigenvalue weighted by molar-refractivity contribution is -0.121. The van der Waals surface area contributed by atoms with Gasteiger partial charge in [0, 0.05) is 17.4 Å². The molecule has 5 heteroatoms. The highest BCUT2D eigenvalue weighted by atomic mass is 32.2. The lowest BCUT2D eigenvalue weighted by Crippen LogP contribution is -2.39. The molecule has 118 valence electrons. The van der Waals surface area contributed by atoms with Gasteiger partial charge in [-0.3, -0.25) is 4.79 Å². The second kappa shape index (κ2) is 7.87. The highest BCUT2D eigenvalue weighted by molar-refractivity contribution is 7.99. The molecule has 0 bridgehead atoms. The highest BCUT2D eigenvalue weighted by Crippen LogP contribution is 2.23. The van der Waals surface area contributed by atoms with Crippen molar-refractivity contribution in [2.75, 3.05) is 0 Å². The van der Waals surface area contributed by atoms with Crippen molar-refractivity contribution >= 4 is 17.7 Å². The minimum atomic E-state index is -0.0399. The maximum atomic E-state index is 12.3. The largest absolute Gasteiger partial charge is 0.361 e. The smallest absolute Gasteiger partial charge is 0.233 e. The molecule has 0 radical (unpaired) electrons. The van der Waals surface area contributed by atoms with Gasteiger partial charge in [-0.15, -0.1) is 11.8 Å². The van der Waals surface area contributed by atoms with E-state index in [1.54, 1.807) is 11.8 Å². The van der Waals surface area contributed by atoms with E-state index in [2.05, 4.69) is 10.5 Å². The second-order valence-electron chi connectivity index (χ2n) is 5.95. The van der Waals surface area contributed by atoms with Crippen molar-refractivity contribution < 1.29 is 9.32 Å². The van der Waals surface area contributed by atoms with E-state index in [1.165, 1.54) is 25.7 Å². The molecule has 1 unspecified atom stereocenters. The van der Waals surface area contributed by atoms with E-state index < -0.39 is 0 Å². The molecule has 0 saturated heterocycles. The van der Waals surface area contributed by atoms with Gasteiger partial charge in [0.25, 0.3) is 0 Å². The van der Waals surface area contributed by atoms with E-state index in [9.17, 15) is 4.79 Å². The number of hydrogen-bond donors (Lipinski definition) is 1. The summed E-state index contributed by atoms with van der Waals surface area (Å²) in [6, 6.07) is 0.377. The molecule has 1 aromatic heterocycles. The zero-order chi connectivity index (χ0) is 15.2. The average molecular weight is 310 g/mol. The van der Waals surface area contributed by atoms with Crippen LogP contribution >= 0.6 is 11.8 Å². The standard InChI is InChI=1S/C16H26N2O2S/c1-11-15(12(2)20-18-11)10-21-13(3)16(19)17-14-8-6-4-5-7-9-14/h13-14H,4-10H2,1-3H3,(H,17,19). The Kier molecular flexibility index (Phi) is 6.15. The number of amides is 1. The monoisotopic (exact) mass is 310 g/mol. The summed E-state index contributed by atoms with van der Waals surface area (Å²) in [7, 11) is 0. The van der Waals surface area contributed by atoms with Crippen LogP contribution in [0.2, 0.25) is 0 Å². The van der Waals surface area contributed by atoms with Gasteiger partial charge in [-0.2, -0.15) is 0 Å². The summed E-state index contributed by atoms with van der Waals surface area (Å²) < 4.78 is 5.16. The van der Waals surface area contributed by atoms with Crippen LogP contribution in [0.3, 0.4) is 0 Å². The lowest BCUT2D eigenvalue weighted by atomic mass is 10.1. The summed E-state index contributed by atoms with van der Waals surface area (Å²) in [6.45, 7) is 5.85. The quantitative estimate of drug-likeness (QED) is 0.842. The van der Waals surface area contributed by atoms with E-state index in [0.717, 1.165) is 35.6 Å². The molecule has 1 saturated carbocycles. The molecule has 4 nitrogen and oxygen atoms in total. The van der Waals surface area contributed by atoms with Crippen LogP contribution in [0.25, 0.3) is 0 Å². The lowest BCUT2D eigenvalue weighted by Gasteiger charge is -2.19. The Bertz CT molecular complexity index is 445. The molecular formula is C16H26N2O2S. The van der Waals surface area contributed by atoms with Crippen molar-refractivity contribution in [1.82, 2.24) is 10.5 Å². The molecule has 1 amide bonds. The predicted molar refractivity (Wildman–Crippen MR) is 86.4 cm³/mol. The number of aryl methyl sites for hydroxylation is 2. The van der Waals surface area contributed by atoms with Crippen LogP contribution in [0.5, 0.6) is 0 Å². The Morgan fingerprint density at radius 3 is 2.57 bits per heavy atom. The fraction of sp³-hybridized carbons (Fsp3) is 0.750. The molecular weight excluding hydrogens is 284 g/mol. The molecule has 1 aliphatic carbocycles. The Balaban J connectivity index is 1.79. The molecule has 1 N–H and O–H groups in total. The summed E-state index contributed by atoms with van der Waals surface area (Å²) in [5, 5.41) is 7.13. The maximum absolute atomic E-state index is 12.3. The fourth-order valence-electron chi connectivity index (χ4n) is 2.73. The first kappa shape index (κ1) is 16.4. The normalized spacial score (nSPS) is 18.2. The van der Waals surface area contributed by atoms with Crippen molar-refractivity contribution in [3.63, 3.8) is 0 Å². The van der Waals surface area contributed by atoms with Crippen molar-refractivity contribution in [2.45, 2.75) is 76.3 Å². The van der Waals surface area contributed by atoms with Crippen LogP contribution in [0.4, 0.5) is 0 Å². The van der Waals surface area contributed by atoms with Crippen LogP contribution in [-0.4, -0.2) is 22.4 Å². The van der Waals surface area contributed by atoms with Gasteiger partial charge in [0.1, 0.15) is 5.76 Å². The number of carbonyl (C=O) groups excluding carboxylic acids is 1. The summed E-state index contributed by atoms with van der Waals surface area (Å²) in [5.74, 6) is 1.80. The third kappa shape index (κ3) is 4.77. The minimum absolute atomic E-state index is 0.0399. The first-order valence-electron chi connectivity index (χ1n) is 7.91. The molecule has 0 aromatic carbocycles. The Hall–Kier alpha value is -0.970. The predicted octanol–water partition coefficient (Wildman–Crippen LogP) is 3.75. The number of nitrogens with one attached hydrogen (secondary N) is 1. The zero-order valence-electron chi connectivity index (χ0n) is 13.3. The number of carbonyl (C=O) groups is 1. The van der Waals surface area contributed by atoms with Gasteiger partial charge in [-0.25, -0.2) is 0 Å². The molecule has 0 spiro atoms. The van der Waals surface area contributed by atoms with Crippen LogP contribution in [0, 0.1) is 13.8 Å². The van der Waals surface area contributed by atoms with Crippen LogP contribution in [0.15, 0.2) is 4.52 Å². The van der Waals surface area contributed by atoms with Gasteiger partial charge < -0.3 is 9.84 Å². The van der Waals surface area contributed by atoms with E-state index in [4.69, 9.17) is 4.52 Å². The van der Waals surface area contributed by atoms with Gasteiger partial charge in [-0.05, 0) is 33.6 Å². The Morgan fingerprint density at radius 2 is 2.00 bits per heavy atom. The number of nitrogens with zero attached hydrogens (tertiary/aromatic N) is 1. The summed E-state index contributed by atoms with van der Waals surface area (Å²) in [5.41, 5.74) is 2.05. The summed E-state index contributed by atoms with van der Waals surface area (Å²) in [4.78, 5) is 12.3. The first-order valence-corrected chi connectivity index (χ1v) is 8.96. The van der Waals surface area contributed by atoms with Crippen LogP contribution in [0.1, 0.15) is 62.5 Å². The van der Waals surface area contributed by atoms with Crippen molar-refractivity contribution in [1.29, 1.82) is 0 Å². The van der Waals surface area contributed by atoms with Crippen molar-refractivity contribution in [3.8, 4) is 0 Å². The molecule has 21 heavy (non-hydrogen) atoms. The molecule has 1 atom stereocenters. The summed E-state index contributed by atoms with van der Waals surface area (Å²) in [6.07, 6.45) is 7.36. The SMILES string of the molecule is Cc1noc(C)c1CSC(C)C(=O)NC1CCCCCC1. The zero-order valence-corrected chi connectivity index (χ0v) is 14.1. The minimum Gasteiger partial charge on any atom is -0.361 e. The van der Waals surface area contributed by atoms with Crippen LogP contribution < -0.4 is 5.32 Å². The van der Waals surface area contributed by atoms with E-state index in [-0.39, 0.29) is 11.2 Å². The second-order valence-corrected chi connectivity index (χ2v) is 7.28. The first-order chi connectivity index (χ1) is 10.1. The van der Waals surface area contributed by atoms with E-state index >= 15 is 0 Å². The molecule has 2 rings (SSSR count). The van der Waals surface area contributed by atoms with Crippen molar-refractivity contribution in [3.05, 3.63) is 17.0 Å². The van der Waals surface area contributed by atoms with Gasteiger partial charge in [0.05, 0.1) is 10.9 Å². The van der Waals surface area contributed by atoms with Gasteiger partial charge >= 0.3 is 0 Å². The third-order valence-corrected chi connectivity index (χ3v) is 5.40. The maximum Gasteiger partial charge on any atom is 0.233 e.